The van der Waals surface area contributed by atoms with Crippen molar-refractivity contribution in [3.8, 4) is 23.1 Å². The molecule has 0 aliphatic rings. The molecule has 4 heterocycles. The predicted octanol–water partition coefficient (Wildman–Crippen LogP) is 1.58. The summed E-state index contributed by atoms with van der Waals surface area (Å²) in [6, 6.07) is 2.94. The molecule has 0 bridgehead atoms. The van der Waals surface area contributed by atoms with Crippen molar-refractivity contribution in [3.63, 3.8) is 0 Å². The molecule has 0 spiro atoms. The Kier molecular flexibility index (Phi) is 2.67. The first-order valence-electron chi connectivity index (χ1n) is 6.14. The summed E-state index contributed by atoms with van der Waals surface area (Å²) in [7, 11) is 0. The first-order chi connectivity index (χ1) is 11.0. The Morgan fingerprint density at radius 2 is 1.96 bits per heavy atom. The molecule has 0 saturated carbocycles. The number of aromatic nitrogens is 8. The van der Waals surface area contributed by atoms with Crippen molar-refractivity contribution >= 4 is 5.65 Å². The van der Waals surface area contributed by atoms with E-state index >= 15 is 0 Å². The van der Waals surface area contributed by atoms with Gasteiger partial charge in [0.15, 0.2) is 5.69 Å². The molecule has 0 unspecified atom stereocenters. The molecule has 0 aliphatic carbocycles. The highest BCUT2D eigenvalue weighted by molar-refractivity contribution is 5.58. The summed E-state index contributed by atoms with van der Waals surface area (Å²) >= 11 is 0. The van der Waals surface area contributed by atoms with Crippen LogP contribution >= 0.6 is 0 Å². The Hall–Kier alpha value is -3.31. The van der Waals surface area contributed by atoms with Crippen LogP contribution in [0, 0.1) is 0 Å². The zero-order valence-corrected chi connectivity index (χ0v) is 11.0. The molecule has 23 heavy (non-hydrogen) atoms. The number of hydrogen-bond acceptors (Lipinski definition) is 7. The van der Waals surface area contributed by atoms with Crippen LogP contribution in [0.4, 0.5) is 13.2 Å². The van der Waals surface area contributed by atoms with E-state index in [1.54, 1.807) is 0 Å². The van der Waals surface area contributed by atoms with Gasteiger partial charge in [0.25, 0.3) is 5.89 Å². The van der Waals surface area contributed by atoms with Crippen LogP contribution < -0.4 is 0 Å². The quantitative estimate of drug-likeness (QED) is 0.596. The molecular weight excluding hydrogens is 317 g/mol. The van der Waals surface area contributed by atoms with Crippen molar-refractivity contribution in [3.05, 3.63) is 30.2 Å². The van der Waals surface area contributed by atoms with Crippen molar-refractivity contribution in [1.82, 2.24) is 40.1 Å². The third kappa shape index (κ3) is 2.29. The van der Waals surface area contributed by atoms with Crippen molar-refractivity contribution < 1.29 is 17.7 Å². The van der Waals surface area contributed by atoms with Gasteiger partial charge in [-0.25, -0.2) is 4.98 Å². The number of hydrogen-bond donors (Lipinski definition) is 1. The summed E-state index contributed by atoms with van der Waals surface area (Å²) in [5, 5.41) is 16.7. The molecule has 12 heteroatoms. The predicted molar refractivity (Wildman–Crippen MR) is 66.7 cm³/mol. The fourth-order valence-corrected chi connectivity index (χ4v) is 1.94. The van der Waals surface area contributed by atoms with Gasteiger partial charge in [0.05, 0.1) is 5.56 Å². The fraction of sp³-hybridized carbons (Fsp3) is 0.0909. The van der Waals surface area contributed by atoms with Crippen LogP contribution in [0.1, 0.15) is 5.69 Å². The van der Waals surface area contributed by atoms with Crippen molar-refractivity contribution in [2.24, 2.45) is 0 Å². The summed E-state index contributed by atoms with van der Waals surface area (Å²) in [6.07, 6.45) is -2.22. The van der Waals surface area contributed by atoms with Crippen molar-refractivity contribution in [1.29, 1.82) is 0 Å². The normalized spacial score (nSPS) is 12.1. The molecule has 0 saturated heterocycles. The fourth-order valence-electron chi connectivity index (χ4n) is 1.94. The number of aromatic amines is 1. The van der Waals surface area contributed by atoms with E-state index in [9.17, 15) is 13.2 Å². The monoisotopic (exact) mass is 322 g/mol. The van der Waals surface area contributed by atoms with Gasteiger partial charge in [-0.15, -0.1) is 10.2 Å². The largest absolute Gasteiger partial charge is 0.434 e. The second kappa shape index (κ2) is 4.59. The topological polar surface area (TPSA) is 111 Å². The van der Waals surface area contributed by atoms with Gasteiger partial charge < -0.3 is 8.92 Å². The number of rotatable bonds is 2. The second-order valence-corrected chi connectivity index (χ2v) is 4.47. The summed E-state index contributed by atoms with van der Waals surface area (Å²) < 4.78 is 44.3. The highest BCUT2D eigenvalue weighted by atomic mass is 19.4. The van der Waals surface area contributed by atoms with Crippen LogP contribution in [0.15, 0.2) is 29.0 Å². The molecule has 0 atom stereocenters. The van der Waals surface area contributed by atoms with E-state index < -0.39 is 11.9 Å². The van der Waals surface area contributed by atoms with E-state index in [0.29, 0.717) is 5.56 Å². The lowest BCUT2D eigenvalue weighted by Gasteiger charge is -1.98. The number of nitrogens with one attached hydrogen (secondary N) is 1. The van der Waals surface area contributed by atoms with Crippen LogP contribution in [0.25, 0.3) is 28.8 Å². The van der Waals surface area contributed by atoms with E-state index in [2.05, 4.69) is 35.7 Å². The molecule has 0 amide bonds. The number of tetrazole rings is 1. The Balaban J connectivity index is 1.74. The SMILES string of the molecule is FC(F)(F)c1cn2cc(-c3nc(-c4nn[nH]n4)no3)ccc2n1. The minimum absolute atomic E-state index is 0.106. The first-order valence-corrected chi connectivity index (χ1v) is 6.14. The second-order valence-electron chi connectivity index (χ2n) is 4.47. The van der Waals surface area contributed by atoms with Gasteiger partial charge in [-0.3, -0.25) is 0 Å². The van der Waals surface area contributed by atoms with Crippen molar-refractivity contribution in [2.45, 2.75) is 6.18 Å². The summed E-state index contributed by atoms with van der Waals surface area (Å²) in [5.41, 5.74) is -0.405. The maximum Gasteiger partial charge on any atom is 0.434 e. The third-order valence-electron chi connectivity index (χ3n) is 2.96. The smallest absolute Gasteiger partial charge is 0.333 e. The lowest BCUT2D eigenvalue weighted by atomic mass is 10.3. The van der Waals surface area contributed by atoms with E-state index in [4.69, 9.17) is 4.52 Å². The van der Waals surface area contributed by atoms with Crippen LogP contribution in [0.3, 0.4) is 0 Å². The lowest BCUT2D eigenvalue weighted by Crippen LogP contribution is -2.04. The van der Waals surface area contributed by atoms with E-state index in [1.165, 1.54) is 22.7 Å². The van der Waals surface area contributed by atoms with Crippen molar-refractivity contribution in [2.75, 3.05) is 0 Å². The Labute approximate surface area is 124 Å². The minimum Gasteiger partial charge on any atom is -0.333 e. The molecule has 1 N–H and O–H groups in total. The third-order valence-corrected chi connectivity index (χ3v) is 2.96. The van der Waals surface area contributed by atoms with Gasteiger partial charge in [-0.2, -0.15) is 23.4 Å². The standard InChI is InChI=1S/C11H5F3N8O/c12-11(13,14)6-4-22-3-5(1-2-7(22)15-6)10-16-8(19-23-10)9-17-20-21-18-9/h1-4H,(H,17,18,20,21). The number of imidazole rings is 1. The Bertz CT molecular complexity index is 971. The number of pyridine rings is 1. The molecule has 0 radical (unpaired) electrons. The molecule has 9 nitrogen and oxygen atoms in total. The highest BCUT2D eigenvalue weighted by Crippen LogP contribution is 2.29. The molecule has 4 aromatic rings. The first kappa shape index (κ1) is 13.4. The molecule has 0 aromatic carbocycles. The highest BCUT2D eigenvalue weighted by Gasteiger charge is 2.33. The number of alkyl halides is 3. The van der Waals surface area contributed by atoms with E-state index in [-0.39, 0.29) is 23.2 Å². The zero-order chi connectivity index (χ0) is 16.0. The Morgan fingerprint density at radius 3 is 2.70 bits per heavy atom. The summed E-state index contributed by atoms with van der Waals surface area (Å²) in [5.74, 6) is 0.354. The van der Waals surface area contributed by atoms with Crippen LogP contribution in [0.2, 0.25) is 0 Å². The summed E-state index contributed by atoms with van der Waals surface area (Å²) in [4.78, 5) is 7.57. The maximum absolute atomic E-state index is 12.7. The van der Waals surface area contributed by atoms with Gasteiger partial charge >= 0.3 is 6.18 Å². The number of halogens is 3. The average molecular weight is 322 g/mol. The summed E-state index contributed by atoms with van der Waals surface area (Å²) in [6.45, 7) is 0. The molecule has 4 rings (SSSR count). The molecule has 4 aromatic heterocycles. The minimum atomic E-state index is -4.51. The molecular formula is C11H5F3N8O. The maximum atomic E-state index is 12.7. The molecule has 0 fully saturated rings. The van der Waals surface area contributed by atoms with Gasteiger partial charge in [-0.1, -0.05) is 5.16 Å². The van der Waals surface area contributed by atoms with Gasteiger partial charge in [-0.05, 0) is 17.3 Å². The average Bonchev–Trinajstić information content (AvgIpc) is 3.24. The number of nitrogens with zero attached hydrogens (tertiary/aromatic N) is 7. The number of fused-ring (bicyclic) bond motifs is 1. The Morgan fingerprint density at radius 1 is 1.09 bits per heavy atom. The van der Waals surface area contributed by atoms with Crippen LogP contribution in [0.5, 0.6) is 0 Å². The van der Waals surface area contributed by atoms with E-state index in [1.807, 2.05) is 0 Å². The molecule has 116 valence electrons. The number of H-pyrrole nitrogens is 1. The van der Waals surface area contributed by atoms with Gasteiger partial charge in [0.1, 0.15) is 5.65 Å². The van der Waals surface area contributed by atoms with Crippen LogP contribution in [-0.2, 0) is 6.18 Å². The zero-order valence-electron chi connectivity index (χ0n) is 11.0. The molecule has 0 aliphatic heterocycles. The van der Waals surface area contributed by atoms with E-state index in [0.717, 1.165) is 6.20 Å². The van der Waals surface area contributed by atoms with Crippen LogP contribution in [-0.4, -0.2) is 40.1 Å². The lowest BCUT2D eigenvalue weighted by molar-refractivity contribution is -0.140. The van der Waals surface area contributed by atoms with Gasteiger partial charge in [0, 0.05) is 12.4 Å². The van der Waals surface area contributed by atoms with Gasteiger partial charge in [0.2, 0.25) is 11.6 Å².